The van der Waals surface area contributed by atoms with Crippen LogP contribution in [-0.2, 0) is 71.9 Å². The molecule has 19 heteroatoms. The third-order valence-corrected chi connectivity index (χ3v) is 0. The summed E-state index contributed by atoms with van der Waals surface area (Å²) >= 11 is 0. The molecule has 8 N–H and O–H groups in total. The van der Waals surface area contributed by atoms with Crippen LogP contribution in [0.15, 0.2) is 0 Å². The summed E-state index contributed by atoms with van der Waals surface area (Å²) in [5.74, 6) is 0. The van der Waals surface area contributed by atoms with E-state index >= 15 is 0 Å². The molecule has 0 unspecified atom stereocenters. The van der Waals surface area contributed by atoms with E-state index in [1.165, 1.54) is 0 Å². The zero-order valence-corrected chi connectivity index (χ0v) is 18.7. The molecule has 156 valence electrons. The maximum absolute atomic E-state index is 8.24. The summed E-state index contributed by atoms with van der Waals surface area (Å²) in [6.07, 6.45) is 0. The zero-order valence-electron chi connectivity index (χ0n) is 12.2. The van der Waals surface area contributed by atoms with Crippen LogP contribution in [0.5, 0.6) is 0 Å². The average Bonchev–Trinajstić information content (AvgIpc) is 2.45. The summed E-state index contributed by atoms with van der Waals surface area (Å²) < 4.78 is 0. The summed E-state index contributed by atoms with van der Waals surface area (Å²) in [4.78, 5) is 65.9. The Hall–Kier alpha value is -1.66. The number of hydrogen-bond acceptors (Lipinski definition) is 8. The molecule has 0 fully saturated rings. The van der Waals surface area contributed by atoms with Gasteiger partial charge in [0.05, 0.1) is 0 Å². The van der Waals surface area contributed by atoms with Gasteiger partial charge in [-0.15, -0.1) is 0 Å². The van der Waals surface area contributed by atoms with Gasteiger partial charge in [0.2, 0.25) is 0 Å². The van der Waals surface area contributed by atoms with E-state index < -0.39 is 0 Å². The molecule has 27 heavy (non-hydrogen) atoms. The summed E-state index contributed by atoms with van der Waals surface area (Å²) in [5, 5.41) is 54.1. The third kappa shape index (κ3) is 4430. The molecule has 0 bridgehead atoms. The molecule has 0 amide bonds. The maximum atomic E-state index is 8.24. The molecule has 0 saturated carbocycles. The van der Waals surface area contributed by atoms with E-state index in [9.17, 15) is 0 Å². The second-order valence-electron chi connectivity index (χ2n) is 0.730. The van der Waals surface area contributed by atoms with Crippen LogP contribution in [0.25, 0.3) is 0 Å². The molecular weight excluding hydrogens is 607 g/mol. The third-order valence-electron chi connectivity index (χ3n) is 0. The molecule has 16 nitrogen and oxygen atoms in total. The van der Waals surface area contributed by atoms with Crippen molar-refractivity contribution in [2.45, 2.75) is 0 Å². The van der Waals surface area contributed by atoms with Gasteiger partial charge in [-0.25, -0.2) is 0 Å². The van der Waals surface area contributed by atoms with Crippen molar-refractivity contribution in [1.82, 2.24) is 0 Å². The normalized spacial score (nSPS) is 3.56. The fraction of sp³-hybridized carbons (Fsp3) is 0. The minimum Gasteiger partial charge on any atom is -0.665 e. The van der Waals surface area contributed by atoms with Gasteiger partial charge in [-0.05, 0) is 0 Å². The molecular formula is C8H8BaCo2O16. The topological polar surface area (TPSA) is 298 Å². The number of hydrogen-bond donors (Lipinski definition) is 8. The van der Waals surface area contributed by atoms with Crippen LogP contribution in [0.3, 0.4) is 0 Å². The molecule has 0 radical (unpaired) electrons. The first-order valence-corrected chi connectivity index (χ1v) is 3.42. The second kappa shape index (κ2) is 330. The smallest absolute Gasteiger partial charge is 0.665 e. The van der Waals surface area contributed by atoms with Crippen LogP contribution in [0.2, 0.25) is 0 Å². The SMILES string of the molecule is O=[C-]O.O=[C-]O.O=[C-]O.O=[C-]O.O=[C-]O.O=[C-]O.O=[C-]O.O=[C-]O.[Ba+2].[Co+3].[Co+3]. The Kier molecular flexibility index (Phi) is 891. The van der Waals surface area contributed by atoms with Gasteiger partial charge in [0.15, 0.2) is 0 Å². The van der Waals surface area contributed by atoms with Crippen molar-refractivity contribution in [3.8, 4) is 0 Å². The van der Waals surface area contributed by atoms with Crippen molar-refractivity contribution in [3.05, 3.63) is 0 Å². The Morgan fingerprint density at radius 2 is 0.296 bits per heavy atom. The first-order chi connectivity index (χ1) is 11.3. The molecule has 0 atom stereocenters. The van der Waals surface area contributed by atoms with Gasteiger partial charge in [-0.2, -0.15) is 0 Å². The molecule has 0 aromatic rings. The molecule has 0 rings (SSSR count). The van der Waals surface area contributed by atoms with Gasteiger partial charge >= 0.3 is 82.4 Å². The first-order valence-electron chi connectivity index (χ1n) is 3.42. The monoisotopic (exact) mass is 616 g/mol. The zero-order chi connectivity index (χ0) is 21.7. The Labute approximate surface area is 211 Å². The molecule has 0 heterocycles. The minimum absolute atomic E-state index is 0. The van der Waals surface area contributed by atoms with Gasteiger partial charge in [-0.3, -0.25) is 0 Å². The first kappa shape index (κ1) is 73.0. The molecule has 0 spiro atoms. The summed E-state index contributed by atoms with van der Waals surface area (Å²) in [6.45, 7) is 4.00. The van der Waals surface area contributed by atoms with Crippen molar-refractivity contribution in [1.29, 1.82) is 0 Å². The van der Waals surface area contributed by atoms with E-state index in [-0.39, 0.29) is 82.4 Å². The quantitative estimate of drug-likeness (QED) is 0.0968. The largest absolute Gasteiger partial charge is 3.00 e. The molecule has 0 aromatic heterocycles. The van der Waals surface area contributed by atoms with E-state index in [0.29, 0.717) is 51.8 Å². The van der Waals surface area contributed by atoms with Crippen molar-refractivity contribution in [2.24, 2.45) is 0 Å². The van der Waals surface area contributed by atoms with Crippen LogP contribution >= 0.6 is 0 Å². The summed E-state index contributed by atoms with van der Waals surface area (Å²) in [7, 11) is 0. The van der Waals surface area contributed by atoms with E-state index in [4.69, 9.17) is 79.2 Å². The summed E-state index contributed by atoms with van der Waals surface area (Å²) in [6, 6.07) is 0. The number of aliphatic hydroxyl groups excluding tert-OH is 8. The Morgan fingerprint density at radius 1 is 0.296 bits per heavy atom. The van der Waals surface area contributed by atoms with E-state index in [0.717, 1.165) is 0 Å². The Morgan fingerprint density at radius 3 is 0.296 bits per heavy atom. The molecule has 0 aliphatic carbocycles. The fourth-order valence-corrected chi connectivity index (χ4v) is 0. The van der Waals surface area contributed by atoms with Gasteiger partial charge in [0, 0.05) is 0 Å². The van der Waals surface area contributed by atoms with Crippen LogP contribution in [0.4, 0.5) is 0 Å². The van der Waals surface area contributed by atoms with Gasteiger partial charge in [-0.1, -0.05) is 51.8 Å². The van der Waals surface area contributed by atoms with Crippen molar-refractivity contribution in [3.63, 3.8) is 0 Å². The van der Waals surface area contributed by atoms with Crippen LogP contribution in [-0.4, -0.2) is 142 Å². The van der Waals surface area contributed by atoms with Crippen LogP contribution < -0.4 is 0 Å². The van der Waals surface area contributed by atoms with Crippen LogP contribution in [0.1, 0.15) is 0 Å². The number of rotatable bonds is 0. The van der Waals surface area contributed by atoms with E-state index in [2.05, 4.69) is 0 Å². The molecule has 0 aromatic carbocycles. The van der Waals surface area contributed by atoms with Crippen molar-refractivity contribution >= 4 is 101 Å². The molecule has 0 aliphatic heterocycles. The predicted octanol–water partition coefficient (Wildman–Crippen LogP) is -3.49. The average molecular weight is 615 g/mol. The van der Waals surface area contributed by atoms with Gasteiger partial charge < -0.3 is 79.2 Å². The van der Waals surface area contributed by atoms with Crippen molar-refractivity contribution in [2.75, 3.05) is 0 Å². The van der Waals surface area contributed by atoms with Crippen LogP contribution in [0, 0.1) is 0 Å². The minimum atomic E-state index is 0. The Bertz CT molecular complexity index is 170. The fourth-order valence-electron chi connectivity index (χ4n) is 0. The van der Waals surface area contributed by atoms with Gasteiger partial charge in [0.25, 0.3) is 0 Å². The molecule has 0 aliphatic rings. The van der Waals surface area contributed by atoms with E-state index in [1.807, 2.05) is 0 Å². The van der Waals surface area contributed by atoms with E-state index in [1.54, 1.807) is 0 Å². The Balaban J connectivity index is -0.0000000119. The standard InChI is InChI=1S/8CHO2.Ba.2Co/c8*2-1-3;;;/h8*(H,2,3);;;/q8*-1;+2;2*+3. The van der Waals surface area contributed by atoms with Gasteiger partial charge in [0.1, 0.15) is 0 Å². The maximum Gasteiger partial charge on any atom is 3.00 e. The predicted molar refractivity (Wildman–Crippen MR) is 72.3 cm³/mol. The summed E-state index contributed by atoms with van der Waals surface area (Å²) in [5.41, 5.74) is 0. The van der Waals surface area contributed by atoms with Crippen molar-refractivity contribution < 1.29 is 113 Å². The second-order valence-corrected chi connectivity index (χ2v) is 0.730. The molecule has 0 saturated heterocycles.